The molecule has 0 spiro atoms. The quantitative estimate of drug-likeness (QED) is 0.843. The van der Waals surface area contributed by atoms with Crippen LogP contribution in [0.2, 0.25) is 0 Å². The maximum Gasteiger partial charge on any atom is 0.232 e. The molecule has 0 bridgehead atoms. The first-order valence-corrected chi connectivity index (χ1v) is 9.24. The van der Waals surface area contributed by atoms with Gasteiger partial charge in [0.15, 0.2) is 0 Å². The van der Waals surface area contributed by atoms with Crippen LogP contribution in [0, 0.1) is 11.7 Å². The first-order valence-electron chi connectivity index (χ1n) is 9.24. The van der Waals surface area contributed by atoms with Gasteiger partial charge in [-0.1, -0.05) is 18.6 Å². The second-order valence-corrected chi connectivity index (χ2v) is 7.90. The fourth-order valence-electron chi connectivity index (χ4n) is 4.07. The molecule has 3 rings (SSSR count). The number of carbonyl (C=O) groups excluding carboxylic acids is 1. The highest BCUT2D eigenvalue weighted by Crippen LogP contribution is 2.29. The Balaban J connectivity index is 1.61. The molecule has 0 aromatic heterocycles. The summed E-state index contributed by atoms with van der Waals surface area (Å²) in [6.07, 6.45) is 5.05. The molecular weight excluding hydrogens is 303 g/mol. The topological polar surface area (TPSA) is 23.6 Å². The standard InChI is InChI=1S/C20H29FN2O/c1-20(2,17-7-6-8-18(21)13-17)19(24)23-12-9-16(15-23)14-22-10-4-3-5-11-22/h6-8,13,16H,3-5,9-12,14-15H2,1-2H3. The average molecular weight is 332 g/mol. The first-order chi connectivity index (χ1) is 11.5. The smallest absolute Gasteiger partial charge is 0.232 e. The van der Waals surface area contributed by atoms with E-state index < -0.39 is 5.41 Å². The monoisotopic (exact) mass is 332 g/mol. The van der Waals surface area contributed by atoms with Crippen LogP contribution in [-0.4, -0.2) is 48.4 Å². The Hall–Kier alpha value is -1.42. The molecule has 0 radical (unpaired) electrons. The predicted octanol–water partition coefficient (Wildman–Crippen LogP) is 3.44. The predicted molar refractivity (Wildman–Crippen MR) is 94.4 cm³/mol. The van der Waals surface area contributed by atoms with Gasteiger partial charge in [0.1, 0.15) is 5.82 Å². The van der Waals surface area contributed by atoms with E-state index >= 15 is 0 Å². The number of piperidine rings is 1. The number of carbonyl (C=O) groups is 1. The van der Waals surface area contributed by atoms with Crippen LogP contribution in [0.4, 0.5) is 4.39 Å². The van der Waals surface area contributed by atoms with E-state index in [1.165, 1.54) is 44.5 Å². The fraction of sp³-hybridized carbons (Fsp3) is 0.650. The molecule has 0 aliphatic carbocycles. The van der Waals surface area contributed by atoms with Crippen molar-refractivity contribution in [2.24, 2.45) is 5.92 Å². The third-order valence-electron chi connectivity index (χ3n) is 5.62. The van der Waals surface area contributed by atoms with Crippen molar-refractivity contribution in [3.8, 4) is 0 Å². The molecule has 1 unspecified atom stereocenters. The molecular formula is C20H29FN2O. The molecule has 2 aliphatic heterocycles. The number of benzene rings is 1. The summed E-state index contributed by atoms with van der Waals surface area (Å²) in [6.45, 7) is 9.01. The highest BCUT2D eigenvalue weighted by molar-refractivity contribution is 5.87. The van der Waals surface area contributed by atoms with Gasteiger partial charge in [0, 0.05) is 19.6 Å². The number of hydrogen-bond acceptors (Lipinski definition) is 2. The second kappa shape index (κ2) is 7.22. The van der Waals surface area contributed by atoms with E-state index in [1.807, 2.05) is 24.8 Å². The lowest BCUT2D eigenvalue weighted by atomic mass is 9.83. The van der Waals surface area contributed by atoms with Gasteiger partial charge in [-0.2, -0.15) is 0 Å². The Morgan fingerprint density at radius 2 is 1.96 bits per heavy atom. The van der Waals surface area contributed by atoms with Gasteiger partial charge in [0.05, 0.1) is 5.41 Å². The Morgan fingerprint density at radius 1 is 1.21 bits per heavy atom. The highest BCUT2D eigenvalue weighted by Gasteiger charge is 2.37. The molecule has 1 aromatic carbocycles. The van der Waals surface area contributed by atoms with E-state index in [2.05, 4.69) is 4.90 Å². The minimum absolute atomic E-state index is 0.120. The van der Waals surface area contributed by atoms with Crippen LogP contribution in [0.15, 0.2) is 24.3 Å². The zero-order valence-corrected chi connectivity index (χ0v) is 14.9. The molecule has 2 saturated heterocycles. The maximum atomic E-state index is 13.5. The summed E-state index contributed by atoms with van der Waals surface area (Å²) in [6, 6.07) is 6.44. The Kier molecular flexibility index (Phi) is 5.24. The third-order valence-corrected chi connectivity index (χ3v) is 5.62. The number of halogens is 1. The summed E-state index contributed by atoms with van der Waals surface area (Å²) in [5, 5.41) is 0. The summed E-state index contributed by atoms with van der Waals surface area (Å²) in [7, 11) is 0. The highest BCUT2D eigenvalue weighted by atomic mass is 19.1. The van der Waals surface area contributed by atoms with E-state index in [4.69, 9.17) is 0 Å². The lowest BCUT2D eigenvalue weighted by Crippen LogP contribution is -2.43. The van der Waals surface area contributed by atoms with E-state index in [1.54, 1.807) is 6.07 Å². The zero-order valence-electron chi connectivity index (χ0n) is 14.9. The van der Waals surface area contributed by atoms with Crippen molar-refractivity contribution in [1.29, 1.82) is 0 Å². The van der Waals surface area contributed by atoms with Gasteiger partial charge in [0.25, 0.3) is 0 Å². The molecule has 0 N–H and O–H groups in total. The molecule has 1 atom stereocenters. The number of rotatable bonds is 4. The summed E-state index contributed by atoms with van der Waals surface area (Å²) in [5.41, 5.74) is 0.0780. The number of likely N-dealkylation sites (tertiary alicyclic amines) is 2. The summed E-state index contributed by atoms with van der Waals surface area (Å²) in [4.78, 5) is 17.5. The lowest BCUT2D eigenvalue weighted by molar-refractivity contribution is -0.135. The molecule has 4 heteroatoms. The third kappa shape index (κ3) is 3.80. The molecule has 24 heavy (non-hydrogen) atoms. The van der Waals surface area contributed by atoms with Crippen LogP contribution in [0.5, 0.6) is 0 Å². The first kappa shape index (κ1) is 17.4. The number of amides is 1. The molecule has 132 valence electrons. The summed E-state index contributed by atoms with van der Waals surface area (Å²) in [5.74, 6) is 0.419. The van der Waals surface area contributed by atoms with Gasteiger partial charge >= 0.3 is 0 Å². The number of nitrogens with zero attached hydrogens (tertiary/aromatic N) is 2. The second-order valence-electron chi connectivity index (χ2n) is 7.90. The van der Waals surface area contributed by atoms with Gasteiger partial charge in [-0.15, -0.1) is 0 Å². The average Bonchev–Trinajstić information content (AvgIpc) is 3.03. The van der Waals surface area contributed by atoms with E-state index in [9.17, 15) is 9.18 Å². The van der Waals surface area contributed by atoms with Gasteiger partial charge in [-0.25, -0.2) is 4.39 Å². The van der Waals surface area contributed by atoms with Gasteiger partial charge in [-0.3, -0.25) is 4.79 Å². The molecule has 0 saturated carbocycles. The van der Waals surface area contributed by atoms with E-state index in [0.717, 1.165) is 31.6 Å². The van der Waals surface area contributed by atoms with Crippen LogP contribution in [0.1, 0.15) is 45.1 Å². The number of hydrogen-bond donors (Lipinski definition) is 0. The van der Waals surface area contributed by atoms with Crippen molar-refractivity contribution < 1.29 is 9.18 Å². The molecule has 2 heterocycles. The van der Waals surface area contributed by atoms with Crippen LogP contribution in [0.3, 0.4) is 0 Å². The summed E-state index contributed by atoms with van der Waals surface area (Å²) < 4.78 is 13.5. The SMILES string of the molecule is CC(C)(C(=O)N1CCC(CN2CCCCC2)C1)c1cccc(F)c1. The lowest BCUT2D eigenvalue weighted by Gasteiger charge is -2.31. The molecule has 1 amide bonds. The van der Waals surface area contributed by atoms with Gasteiger partial charge < -0.3 is 9.80 Å². The Bertz CT molecular complexity index is 581. The molecule has 2 aliphatic rings. The van der Waals surface area contributed by atoms with E-state index in [0.29, 0.717) is 5.92 Å². The maximum absolute atomic E-state index is 13.5. The van der Waals surface area contributed by atoms with Crippen LogP contribution in [0.25, 0.3) is 0 Å². The van der Waals surface area contributed by atoms with Crippen molar-refractivity contribution in [3.05, 3.63) is 35.6 Å². The van der Waals surface area contributed by atoms with Crippen molar-refractivity contribution >= 4 is 5.91 Å². The molecule has 1 aromatic rings. The molecule has 2 fully saturated rings. The summed E-state index contributed by atoms with van der Waals surface area (Å²) >= 11 is 0. The van der Waals surface area contributed by atoms with Gasteiger partial charge in [-0.05, 0) is 69.8 Å². The van der Waals surface area contributed by atoms with Crippen molar-refractivity contribution in [2.75, 3.05) is 32.7 Å². The normalized spacial score (nSPS) is 22.8. The van der Waals surface area contributed by atoms with Crippen LogP contribution >= 0.6 is 0 Å². The minimum atomic E-state index is -0.678. The molecule has 3 nitrogen and oxygen atoms in total. The van der Waals surface area contributed by atoms with E-state index in [-0.39, 0.29) is 11.7 Å². The van der Waals surface area contributed by atoms with Crippen molar-refractivity contribution in [2.45, 2.75) is 44.9 Å². The van der Waals surface area contributed by atoms with Crippen molar-refractivity contribution in [3.63, 3.8) is 0 Å². The Labute approximate surface area is 144 Å². The van der Waals surface area contributed by atoms with Crippen LogP contribution < -0.4 is 0 Å². The zero-order chi connectivity index (χ0) is 17.2. The fourth-order valence-corrected chi connectivity index (χ4v) is 4.07. The van der Waals surface area contributed by atoms with Gasteiger partial charge in [0.2, 0.25) is 5.91 Å². The van der Waals surface area contributed by atoms with Crippen molar-refractivity contribution in [1.82, 2.24) is 9.80 Å². The Morgan fingerprint density at radius 3 is 2.67 bits per heavy atom. The van der Waals surface area contributed by atoms with Crippen LogP contribution in [-0.2, 0) is 10.2 Å². The minimum Gasteiger partial charge on any atom is -0.342 e. The largest absolute Gasteiger partial charge is 0.342 e.